The summed E-state index contributed by atoms with van der Waals surface area (Å²) in [6.45, 7) is 5.35. The van der Waals surface area contributed by atoms with Crippen molar-refractivity contribution >= 4 is 50.5 Å². The molecule has 0 radical (unpaired) electrons. The molecule has 3 heterocycles. The van der Waals surface area contributed by atoms with Gasteiger partial charge in [-0.2, -0.15) is 5.10 Å². The van der Waals surface area contributed by atoms with E-state index in [-0.39, 0.29) is 5.91 Å². The average Bonchev–Trinajstić information content (AvgIpc) is 3.10. The van der Waals surface area contributed by atoms with Crippen LogP contribution in [0.4, 0.5) is 5.82 Å². The largest absolute Gasteiger partial charge is 0.356 e. The fourth-order valence-corrected chi connectivity index (χ4v) is 4.08. The van der Waals surface area contributed by atoms with Gasteiger partial charge in [-0.1, -0.05) is 34.6 Å². The highest BCUT2D eigenvalue weighted by atomic mass is 79.9. The second kappa shape index (κ2) is 10.3. The van der Waals surface area contributed by atoms with Crippen molar-refractivity contribution in [2.24, 2.45) is 0 Å². The smallest absolute Gasteiger partial charge is 0.220 e. The number of fused-ring (bicyclic) bond motifs is 1. The van der Waals surface area contributed by atoms with Crippen LogP contribution in [0.5, 0.6) is 0 Å². The van der Waals surface area contributed by atoms with E-state index in [1.54, 1.807) is 11.8 Å². The van der Waals surface area contributed by atoms with E-state index in [2.05, 4.69) is 38.2 Å². The lowest BCUT2D eigenvalue weighted by molar-refractivity contribution is -0.121. The van der Waals surface area contributed by atoms with Crippen molar-refractivity contribution in [1.29, 1.82) is 0 Å². The molecule has 2 aromatic heterocycles. The lowest BCUT2D eigenvalue weighted by atomic mass is 10.1. The van der Waals surface area contributed by atoms with Gasteiger partial charge in [0.05, 0.1) is 18.1 Å². The lowest BCUT2D eigenvalue weighted by Gasteiger charge is -2.28. The van der Waals surface area contributed by atoms with E-state index in [0.29, 0.717) is 19.5 Å². The molecule has 7 nitrogen and oxygen atoms in total. The second-order valence-electron chi connectivity index (χ2n) is 6.56. The molecule has 148 valence electrons. The molecule has 1 aliphatic heterocycles. The highest BCUT2D eigenvalue weighted by Gasteiger charge is 2.19. The lowest BCUT2D eigenvalue weighted by Crippen LogP contribution is -2.30. The van der Waals surface area contributed by atoms with E-state index in [1.165, 1.54) is 19.3 Å². The van der Waals surface area contributed by atoms with Crippen molar-refractivity contribution in [3.05, 3.63) is 6.20 Å². The third-order valence-corrected chi connectivity index (χ3v) is 5.86. The van der Waals surface area contributed by atoms with Crippen LogP contribution in [0.25, 0.3) is 11.0 Å². The summed E-state index contributed by atoms with van der Waals surface area (Å²) in [5.41, 5.74) is 0.858. The molecule has 0 aliphatic carbocycles. The van der Waals surface area contributed by atoms with E-state index in [9.17, 15) is 4.79 Å². The molecule has 0 bridgehead atoms. The van der Waals surface area contributed by atoms with Gasteiger partial charge >= 0.3 is 0 Å². The maximum atomic E-state index is 11.8. The van der Waals surface area contributed by atoms with Gasteiger partial charge in [0, 0.05) is 31.4 Å². The van der Waals surface area contributed by atoms with E-state index < -0.39 is 0 Å². The number of hydrogen-bond donors (Lipinski definition) is 1. The molecule has 1 saturated heterocycles. The molecule has 3 rings (SSSR count). The minimum absolute atomic E-state index is 0.0803. The maximum absolute atomic E-state index is 11.8. The molecule has 1 amide bonds. The minimum atomic E-state index is 0.0803. The van der Waals surface area contributed by atoms with Crippen LogP contribution >= 0.6 is 27.7 Å². The van der Waals surface area contributed by atoms with Gasteiger partial charge in [-0.25, -0.2) is 14.6 Å². The van der Waals surface area contributed by atoms with Crippen LogP contribution in [0.1, 0.15) is 39.0 Å². The Morgan fingerprint density at radius 2 is 2.11 bits per heavy atom. The Morgan fingerprint density at radius 1 is 1.30 bits per heavy atom. The van der Waals surface area contributed by atoms with Gasteiger partial charge in [-0.05, 0) is 31.4 Å². The number of amides is 1. The zero-order chi connectivity index (χ0) is 19.1. The number of nitrogens with one attached hydrogen (secondary N) is 1. The van der Waals surface area contributed by atoms with Crippen LogP contribution in [0.3, 0.4) is 0 Å². The fourth-order valence-electron chi connectivity index (χ4n) is 3.24. The molecule has 0 aromatic carbocycles. The number of carbonyl (C=O) groups is 1. The molecule has 0 unspecified atom stereocenters. The van der Waals surface area contributed by atoms with E-state index in [0.717, 1.165) is 52.6 Å². The monoisotopic (exact) mass is 454 g/mol. The number of alkyl halides is 1. The first-order chi connectivity index (χ1) is 13.2. The van der Waals surface area contributed by atoms with Gasteiger partial charge < -0.3 is 10.2 Å². The van der Waals surface area contributed by atoms with Gasteiger partial charge in [-0.15, -0.1) is 0 Å². The summed E-state index contributed by atoms with van der Waals surface area (Å²) in [6.07, 6.45) is 6.96. The summed E-state index contributed by atoms with van der Waals surface area (Å²) in [7, 11) is 0. The fraction of sp³-hybridized carbons (Fsp3) is 0.667. The molecule has 0 spiro atoms. The third kappa shape index (κ3) is 5.34. The SMILES string of the molecule is CCSc1nc(N2CCCCC2)c2cnn(CCNC(=O)CCCBr)c2n1. The minimum Gasteiger partial charge on any atom is -0.356 e. The molecule has 1 aliphatic rings. The molecule has 2 aromatic rings. The van der Waals surface area contributed by atoms with Crippen molar-refractivity contribution in [2.75, 3.05) is 35.6 Å². The van der Waals surface area contributed by atoms with Crippen LogP contribution < -0.4 is 10.2 Å². The predicted octanol–water partition coefficient (Wildman–Crippen LogP) is 3.22. The van der Waals surface area contributed by atoms with Crippen LogP contribution in [0.15, 0.2) is 11.4 Å². The number of nitrogens with zero attached hydrogens (tertiary/aromatic N) is 5. The predicted molar refractivity (Wildman–Crippen MR) is 114 cm³/mol. The van der Waals surface area contributed by atoms with Gasteiger partial charge in [0.15, 0.2) is 10.8 Å². The summed E-state index contributed by atoms with van der Waals surface area (Å²) in [5.74, 6) is 2.02. The Morgan fingerprint density at radius 3 is 2.85 bits per heavy atom. The van der Waals surface area contributed by atoms with E-state index in [4.69, 9.17) is 9.97 Å². The molecule has 0 saturated carbocycles. The first kappa shape index (κ1) is 20.4. The number of thioether (sulfide) groups is 1. The average molecular weight is 455 g/mol. The van der Waals surface area contributed by atoms with Crippen molar-refractivity contribution in [2.45, 2.75) is 50.7 Å². The van der Waals surface area contributed by atoms with Crippen molar-refractivity contribution < 1.29 is 4.79 Å². The Labute approximate surface area is 172 Å². The summed E-state index contributed by atoms with van der Waals surface area (Å²) in [6, 6.07) is 0. The Bertz CT molecular complexity index is 762. The summed E-state index contributed by atoms with van der Waals surface area (Å²) >= 11 is 5.00. The summed E-state index contributed by atoms with van der Waals surface area (Å²) < 4.78 is 1.88. The number of carbonyl (C=O) groups excluding carboxylic acids is 1. The van der Waals surface area contributed by atoms with Crippen LogP contribution in [0, 0.1) is 0 Å². The summed E-state index contributed by atoms with van der Waals surface area (Å²) in [5, 5.41) is 10.1. The highest BCUT2D eigenvalue weighted by Crippen LogP contribution is 2.29. The normalized spacial score (nSPS) is 14.7. The van der Waals surface area contributed by atoms with E-state index in [1.807, 2.05) is 10.9 Å². The van der Waals surface area contributed by atoms with Crippen LogP contribution in [-0.4, -0.2) is 56.4 Å². The first-order valence-electron chi connectivity index (χ1n) is 9.67. The molecule has 1 N–H and O–H groups in total. The Balaban J connectivity index is 1.78. The van der Waals surface area contributed by atoms with Crippen LogP contribution in [0.2, 0.25) is 0 Å². The summed E-state index contributed by atoms with van der Waals surface area (Å²) in [4.78, 5) is 23.7. The van der Waals surface area contributed by atoms with Crippen molar-refractivity contribution in [3.8, 4) is 0 Å². The van der Waals surface area contributed by atoms with Crippen molar-refractivity contribution in [1.82, 2.24) is 25.1 Å². The van der Waals surface area contributed by atoms with Gasteiger partial charge in [-0.3, -0.25) is 4.79 Å². The Hall–Kier alpha value is -1.35. The zero-order valence-electron chi connectivity index (χ0n) is 15.8. The van der Waals surface area contributed by atoms with Gasteiger partial charge in [0.25, 0.3) is 0 Å². The quantitative estimate of drug-likeness (QED) is 0.356. The molecule has 27 heavy (non-hydrogen) atoms. The number of halogens is 1. The molecule has 0 atom stereocenters. The Kier molecular flexibility index (Phi) is 7.75. The highest BCUT2D eigenvalue weighted by molar-refractivity contribution is 9.09. The number of hydrogen-bond acceptors (Lipinski definition) is 6. The number of rotatable bonds is 9. The number of aromatic nitrogens is 4. The first-order valence-corrected chi connectivity index (χ1v) is 11.8. The number of piperidine rings is 1. The van der Waals surface area contributed by atoms with Crippen molar-refractivity contribution in [3.63, 3.8) is 0 Å². The topological polar surface area (TPSA) is 75.9 Å². The molecular formula is C18H27BrN6OS. The zero-order valence-corrected chi connectivity index (χ0v) is 18.2. The molecule has 1 fully saturated rings. The molecule has 9 heteroatoms. The standard InChI is InChI=1S/C18H27BrN6OS/c1-2-27-18-22-16(24-10-4-3-5-11-24)14-13-21-25(17(14)23-18)12-9-20-15(26)7-6-8-19/h13H,2-12H2,1H3,(H,20,26). The number of anilines is 1. The van der Waals surface area contributed by atoms with E-state index >= 15 is 0 Å². The molecular weight excluding hydrogens is 428 g/mol. The second-order valence-corrected chi connectivity index (χ2v) is 8.58. The van der Waals surface area contributed by atoms with Gasteiger partial charge in [0.2, 0.25) is 5.91 Å². The van der Waals surface area contributed by atoms with Gasteiger partial charge in [0.1, 0.15) is 5.82 Å². The maximum Gasteiger partial charge on any atom is 0.220 e. The van der Waals surface area contributed by atoms with Crippen LogP contribution in [-0.2, 0) is 11.3 Å². The third-order valence-electron chi connectivity index (χ3n) is 4.57.